The average Bonchev–Trinajstić information content (AvgIpc) is 2.30. The predicted molar refractivity (Wildman–Crippen MR) is 69.5 cm³/mol. The molecule has 2 rings (SSSR count). The van der Waals surface area contributed by atoms with Crippen LogP contribution in [0, 0.1) is 11.8 Å². The van der Waals surface area contributed by atoms with E-state index < -0.39 is 0 Å². The van der Waals surface area contributed by atoms with Crippen molar-refractivity contribution in [2.45, 2.75) is 51.6 Å². The molecule has 4 unspecified atom stereocenters. The normalized spacial score (nSPS) is 41.4. The largest absolute Gasteiger partial charge is 0.314 e. The van der Waals surface area contributed by atoms with Gasteiger partial charge >= 0.3 is 0 Å². The molecular formula is C14H26N2. The van der Waals surface area contributed by atoms with E-state index in [9.17, 15) is 0 Å². The molecule has 2 saturated heterocycles. The molecule has 0 aromatic rings. The van der Waals surface area contributed by atoms with E-state index in [1.54, 1.807) is 0 Å². The molecule has 4 atom stereocenters. The summed E-state index contributed by atoms with van der Waals surface area (Å²) in [5, 5.41) is 7.17. The third-order valence-electron chi connectivity index (χ3n) is 4.01. The van der Waals surface area contributed by atoms with Gasteiger partial charge in [-0.3, -0.25) is 0 Å². The lowest BCUT2D eigenvalue weighted by Crippen LogP contribution is -2.38. The molecule has 0 aliphatic carbocycles. The van der Waals surface area contributed by atoms with Crippen LogP contribution in [0.25, 0.3) is 0 Å². The molecule has 2 N–H and O–H groups in total. The van der Waals surface area contributed by atoms with Crippen molar-refractivity contribution >= 4 is 0 Å². The van der Waals surface area contributed by atoms with E-state index in [4.69, 9.17) is 0 Å². The van der Waals surface area contributed by atoms with Crippen LogP contribution in [0.1, 0.15) is 39.5 Å². The minimum Gasteiger partial charge on any atom is -0.314 e. The molecule has 0 spiro atoms. The van der Waals surface area contributed by atoms with Crippen LogP contribution in [0.5, 0.6) is 0 Å². The minimum absolute atomic E-state index is 0.635. The van der Waals surface area contributed by atoms with E-state index in [1.165, 1.54) is 38.8 Å². The second kappa shape index (κ2) is 5.83. The van der Waals surface area contributed by atoms with Gasteiger partial charge in [-0.15, -0.1) is 0 Å². The van der Waals surface area contributed by atoms with Gasteiger partial charge in [-0.2, -0.15) is 0 Å². The van der Waals surface area contributed by atoms with Crippen LogP contribution < -0.4 is 10.6 Å². The highest BCUT2D eigenvalue weighted by Gasteiger charge is 2.17. The number of hydrogen-bond acceptors (Lipinski definition) is 2. The van der Waals surface area contributed by atoms with E-state index in [0.717, 1.165) is 17.9 Å². The van der Waals surface area contributed by atoms with Crippen molar-refractivity contribution in [1.82, 2.24) is 10.6 Å². The van der Waals surface area contributed by atoms with Crippen LogP contribution in [0.2, 0.25) is 0 Å². The molecule has 0 amide bonds. The third kappa shape index (κ3) is 3.60. The smallest absolute Gasteiger partial charge is 0.0250 e. The summed E-state index contributed by atoms with van der Waals surface area (Å²) in [6, 6.07) is 1.36. The van der Waals surface area contributed by atoms with Crippen LogP contribution in [0.3, 0.4) is 0 Å². The molecule has 2 nitrogen and oxygen atoms in total. The summed E-state index contributed by atoms with van der Waals surface area (Å²) in [5.74, 6) is 1.62. The molecule has 2 fully saturated rings. The Morgan fingerprint density at radius 3 is 2.38 bits per heavy atom. The molecule has 0 bridgehead atoms. The van der Waals surface area contributed by atoms with E-state index in [-0.39, 0.29) is 0 Å². The van der Waals surface area contributed by atoms with E-state index in [2.05, 4.69) is 36.6 Å². The molecule has 0 radical (unpaired) electrons. The van der Waals surface area contributed by atoms with Gasteiger partial charge in [0.25, 0.3) is 0 Å². The predicted octanol–water partition coefficient (Wildman–Crippen LogP) is 2.32. The maximum atomic E-state index is 3.61. The summed E-state index contributed by atoms with van der Waals surface area (Å²) < 4.78 is 0. The van der Waals surface area contributed by atoms with Gasteiger partial charge in [0.1, 0.15) is 0 Å². The van der Waals surface area contributed by atoms with Gasteiger partial charge in [-0.25, -0.2) is 0 Å². The summed E-state index contributed by atoms with van der Waals surface area (Å²) >= 11 is 0. The Morgan fingerprint density at radius 2 is 1.75 bits per heavy atom. The van der Waals surface area contributed by atoms with Crippen molar-refractivity contribution in [3.63, 3.8) is 0 Å². The zero-order valence-electron chi connectivity index (χ0n) is 10.7. The first-order chi connectivity index (χ1) is 7.74. The highest BCUT2D eigenvalue weighted by molar-refractivity contribution is 5.00. The molecule has 2 heterocycles. The van der Waals surface area contributed by atoms with Crippen molar-refractivity contribution in [1.29, 1.82) is 0 Å². The van der Waals surface area contributed by atoms with Crippen LogP contribution in [0.4, 0.5) is 0 Å². The van der Waals surface area contributed by atoms with Crippen LogP contribution in [-0.2, 0) is 0 Å². The zero-order valence-corrected chi connectivity index (χ0v) is 10.7. The molecular weight excluding hydrogens is 196 g/mol. The van der Waals surface area contributed by atoms with E-state index in [0.29, 0.717) is 6.04 Å². The fourth-order valence-electron chi connectivity index (χ4n) is 2.66. The molecule has 0 aromatic carbocycles. The van der Waals surface area contributed by atoms with Gasteiger partial charge in [0.2, 0.25) is 0 Å². The Labute approximate surface area is 99.9 Å². The monoisotopic (exact) mass is 222 g/mol. The van der Waals surface area contributed by atoms with Crippen molar-refractivity contribution in [3.05, 3.63) is 12.2 Å². The van der Waals surface area contributed by atoms with Crippen LogP contribution in [0.15, 0.2) is 12.2 Å². The maximum absolute atomic E-state index is 3.61. The topological polar surface area (TPSA) is 24.1 Å². The fourth-order valence-corrected chi connectivity index (χ4v) is 2.66. The number of nitrogens with one attached hydrogen (secondary N) is 2. The van der Waals surface area contributed by atoms with Crippen molar-refractivity contribution in [2.24, 2.45) is 11.8 Å². The Bertz CT molecular complexity index is 197. The Kier molecular flexibility index (Phi) is 4.42. The Balaban J connectivity index is 1.72. The second-order valence-corrected chi connectivity index (χ2v) is 5.73. The van der Waals surface area contributed by atoms with Gasteiger partial charge < -0.3 is 10.6 Å². The number of piperidine rings is 2. The first kappa shape index (κ1) is 12.1. The lowest BCUT2D eigenvalue weighted by Gasteiger charge is -2.28. The van der Waals surface area contributed by atoms with Gasteiger partial charge in [0, 0.05) is 18.6 Å². The summed E-state index contributed by atoms with van der Waals surface area (Å²) in [4.78, 5) is 0. The fraction of sp³-hybridized carbons (Fsp3) is 0.857. The lowest BCUT2D eigenvalue weighted by atomic mass is 9.92. The molecule has 0 saturated carbocycles. The summed E-state index contributed by atoms with van der Waals surface area (Å²) in [5.41, 5.74) is 0. The maximum Gasteiger partial charge on any atom is 0.0250 e. The van der Waals surface area contributed by atoms with Gasteiger partial charge in [-0.1, -0.05) is 19.1 Å². The Morgan fingerprint density at radius 1 is 0.875 bits per heavy atom. The summed E-state index contributed by atoms with van der Waals surface area (Å²) in [6.45, 7) is 6.97. The highest BCUT2D eigenvalue weighted by atomic mass is 14.9. The molecule has 2 heteroatoms. The lowest BCUT2D eigenvalue weighted by molar-refractivity contribution is 0.352. The molecule has 16 heavy (non-hydrogen) atoms. The van der Waals surface area contributed by atoms with Crippen molar-refractivity contribution in [3.8, 4) is 0 Å². The number of hydrogen-bond donors (Lipinski definition) is 2. The Hall–Kier alpha value is -0.340. The quantitative estimate of drug-likeness (QED) is 0.701. The highest BCUT2D eigenvalue weighted by Crippen LogP contribution is 2.18. The van der Waals surface area contributed by atoms with Crippen LogP contribution >= 0.6 is 0 Å². The third-order valence-corrected chi connectivity index (χ3v) is 4.01. The van der Waals surface area contributed by atoms with Gasteiger partial charge in [0.05, 0.1) is 0 Å². The summed E-state index contributed by atoms with van der Waals surface area (Å²) in [6.07, 6.45) is 10.2. The molecule has 0 aromatic heterocycles. The minimum atomic E-state index is 0.635. The standard InChI is InChI=1S/C14H26N2/c1-11-3-7-14(16-9-11)8-6-13-5-4-12(2)15-10-13/h6,8,11-16H,3-5,7,9-10H2,1-2H3. The van der Waals surface area contributed by atoms with E-state index in [1.807, 2.05) is 0 Å². The summed E-state index contributed by atoms with van der Waals surface area (Å²) in [7, 11) is 0. The zero-order chi connectivity index (χ0) is 11.4. The second-order valence-electron chi connectivity index (χ2n) is 5.73. The van der Waals surface area contributed by atoms with Crippen molar-refractivity contribution in [2.75, 3.05) is 13.1 Å². The van der Waals surface area contributed by atoms with Gasteiger partial charge in [-0.05, 0) is 51.0 Å². The number of rotatable bonds is 2. The molecule has 2 aliphatic rings. The first-order valence-corrected chi connectivity index (χ1v) is 6.89. The van der Waals surface area contributed by atoms with Crippen molar-refractivity contribution < 1.29 is 0 Å². The van der Waals surface area contributed by atoms with E-state index >= 15 is 0 Å². The average molecular weight is 222 g/mol. The van der Waals surface area contributed by atoms with Crippen LogP contribution in [-0.4, -0.2) is 25.2 Å². The van der Waals surface area contributed by atoms with Gasteiger partial charge in [0.15, 0.2) is 0 Å². The SMILES string of the molecule is CC1CCC(C=CC2CCC(C)NC2)NC1. The molecule has 92 valence electrons. The molecule has 2 aliphatic heterocycles. The first-order valence-electron chi connectivity index (χ1n) is 6.89.